The van der Waals surface area contributed by atoms with Gasteiger partial charge >= 0.3 is 0 Å². The molecule has 0 fully saturated rings. The van der Waals surface area contributed by atoms with Crippen LogP contribution in [0.15, 0.2) is 52.1 Å². The molecule has 0 amide bonds. The smallest absolute Gasteiger partial charge is 0.198 e. The summed E-state index contributed by atoms with van der Waals surface area (Å²) < 4.78 is 7.39. The highest BCUT2D eigenvalue weighted by Crippen LogP contribution is 2.29. The Bertz CT molecular complexity index is 924. The number of hydrogen-bond acceptors (Lipinski definition) is 4. The number of hydrogen-bond donors (Lipinski definition) is 3. The van der Waals surface area contributed by atoms with Crippen LogP contribution in [-0.2, 0) is 13.5 Å². The van der Waals surface area contributed by atoms with Gasteiger partial charge in [0.15, 0.2) is 17.5 Å². The molecule has 1 aliphatic rings. The third-order valence-electron chi connectivity index (χ3n) is 4.48. The fraction of sp³-hybridized carbons (Fsp3) is 0.263. The van der Waals surface area contributed by atoms with Gasteiger partial charge in [0.2, 0.25) is 0 Å². The summed E-state index contributed by atoms with van der Waals surface area (Å²) in [6.45, 7) is 2.76. The van der Waals surface area contributed by atoms with Gasteiger partial charge in [-0.3, -0.25) is 4.99 Å². The minimum absolute atomic E-state index is 0.417. The van der Waals surface area contributed by atoms with Crippen LogP contribution in [0.4, 0.5) is 5.82 Å². The average molecular weight is 350 g/mol. The molecule has 7 nitrogen and oxygen atoms in total. The van der Waals surface area contributed by atoms with Gasteiger partial charge in [0, 0.05) is 13.6 Å². The summed E-state index contributed by atoms with van der Waals surface area (Å²) in [6, 6.07) is 12.2. The molecule has 7 heteroatoms. The maximum Gasteiger partial charge on any atom is 0.198 e. The zero-order valence-corrected chi connectivity index (χ0v) is 14.9. The Kier molecular flexibility index (Phi) is 4.22. The average Bonchev–Trinajstić information content (AvgIpc) is 3.26. The SMILES string of the molecule is Cc1ccc(CCN=C2Nc3c(nc(-c4ccco4)n3C)C(N)N2)cc1. The van der Waals surface area contributed by atoms with Crippen LogP contribution >= 0.6 is 0 Å². The zero-order chi connectivity index (χ0) is 18.1. The first kappa shape index (κ1) is 16.4. The lowest BCUT2D eigenvalue weighted by atomic mass is 10.1. The maximum atomic E-state index is 6.23. The quantitative estimate of drug-likeness (QED) is 0.672. The molecule has 0 saturated heterocycles. The van der Waals surface area contributed by atoms with E-state index in [-0.39, 0.29) is 0 Å². The molecule has 1 aromatic carbocycles. The normalized spacial score (nSPS) is 17.7. The Hall–Kier alpha value is -3.06. The van der Waals surface area contributed by atoms with E-state index in [1.54, 1.807) is 6.26 Å². The van der Waals surface area contributed by atoms with Gasteiger partial charge in [-0.05, 0) is 31.0 Å². The summed E-state index contributed by atoms with van der Waals surface area (Å²) in [6.07, 6.45) is 2.09. The molecule has 0 saturated carbocycles. The molecule has 0 radical (unpaired) electrons. The maximum absolute atomic E-state index is 6.23. The molecule has 0 spiro atoms. The number of nitrogens with zero attached hydrogens (tertiary/aromatic N) is 3. The number of benzene rings is 1. The van der Waals surface area contributed by atoms with Gasteiger partial charge in [0.25, 0.3) is 0 Å². The lowest BCUT2D eigenvalue weighted by Crippen LogP contribution is -2.43. The summed E-state index contributed by atoms with van der Waals surface area (Å²) in [4.78, 5) is 9.22. The molecule has 4 N–H and O–H groups in total. The Labute approximate surface area is 151 Å². The van der Waals surface area contributed by atoms with Gasteiger partial charge in [-0.2, -0.15) is 0 Å². The number of aromatic nitrogens is 2. The second kappa shape index (κ2) is 6.68. The Balaban J connectivity index is 1.51. The number of guanidine groups is 1. The van der Waals surface area contributed by atoms with Crippen molar-refractivity contribution in [3.8, 4) is 11.6 Å². The van der Waals surface area contributed by atoms with E-state index >= 15 is 0 Å². The van der Waals surface area contributed by atoms with Gasteiger partial charge in [-0.15, -0.1) is 0 Å². The number of aliphatic imine (C=N–C) groups is 1. The van der Waals surface area contributed by atoms with Crippen molar-refractivity contribution in [3.05, 3.63) is 59.5 Å². The number of fused-ring (bicyclic) bond motifs is 1. The van der Waals surface area contributed by atoms with Crippen LogP contribution < -0.4 is 16.4 Å². The number of imidazole rings is 1. The van der Waals surface area contributed by atoms with Crippen molar-refractivity contribution in [2.75, 3.05) is 11.9 Å². The molecule has 3 heterocycles. The van der Waals surface area contributed by atoms with Crippen LogP contribution in [0.2, 0.25) is 0 Å². The molecular formula is C19H22N6O. The standard InChI is InChI=1S/C19H22N6O/c1-12-5-7-13(8-6-12)9-10-21-19-23-16(20)15-18(24-19)25(2)17(22-15)14-4-3-11-26-14/h3-8,11,16H,9-10,20H2,1-2H3,(H2,21,23,24). The number of nitrogens with one attached hydrogen (secondary N) is 2. The third-order valence-corrected chi connectivity index (χ3v) is 4.48. The minimum atomic E-state index is -0.417. The lowest BCUT2D eigenvalue weighted by Gasteiger charge is -2.24. The highest BCUT2D eigenvalue weighted by atomic mass is 16.3. The van der Waals surface area contributed by atoms with E-state index < -0.39 is 6.17 Å². The van der Waals surface area contributed by atoms with Crippen molar-refractivity contribution in [3.63, 3.8) is 0 Å². The second-order valence-corrected chi connectivity index (χ2v) is 6.42. The van der Waals surface area contributed by atoms with E-state index in [0.717, 1.165) is 23.8 Å². The monoisotopic (exact) mass is 350 g/mol. The first-order valence-corrected chi connectivity index (χ1v) is 8.61. The van der Waals surface area contributed by atoms with Crippen LogP contribution in [0.3, 0.4) is 0 Å². The Morgan fingerprint density at radius 1 is 1.27 bits per heavy atom. The highest BCUT2D eigenvalue weighted by Gasteiger charge is 2.27. The molecule has 26 heavy (non-hydrogen) atoms. The van der Waals surface area contributed by atoms with Crippen LogP contribution in [-0.4, -0.2) is 22.1 Å². The number of furan rings is 1. The molecule has 1 unspecified atom stereocenters. The van der Waals surface area contributed by atoms with E-state index in [1.807, 2.05) is 23.7 Å². The third kappa shape index (κ3) is 3.09. The van der Waals surface area contributed by atoms with Crippen molar-refractivity contribution in [1.82, 2.24) is 14.9 Å². The molecule has 3 aromatic rings. The summed E-state index contributed by atoms with van der Waals surface area (Å²) >= 11 is 0. The molecule has 0 bridgehead atoms. The van der Waals surface area contributed by atoms with Crippen molar-refractivity contribution in [1.29, 1.82) is 0 Å². The number of rotatable bonds is 4. The van der Waals surface area contributed by atoms with Gasteiger partial charge in [-0.1, -0.05) is 29.8 Å². The van der Waals surface area contributed by atoms with Gasteiger partial charge in [0.1, 0.15) is 17.7 Å². The Morgan fingerprint density at radius 3 is 2.81 bits per heavy atom. The van der Waals surface area contributed by atoms with E-state index in [0.29, 0.717) is 18.3 Å². The molecule has 0 aliphatic carbocycles. The lowest BCUT2D eigenvalue weighted by molar-refractivity contribution is 0.574. The summed E-state index contributed by atoms with van der Waals surface area (Å²) in [5.74, 6) is 2.92. The van der Waals surface area contributed by atoms with Crippen LogP contribution in [0.1, 0.15) is 23.0 Å². The fourth-order valence-corrected chi connectivity index (χ4v) is 3.01. The Morgan fingerprint density at radius 2 is 2.08 bits per heavy atom. The van der Waals surface area contributed by atoms with Gasteiger partial charge < -0.3 is 25.4 Å². The van der Waals surface area contributed by atoms with Crippen LogP contribution in [0.5, 0.6) is 0 Å². The molecule has 134 valence electrons. The van der Waals surface area contributed by atoms with Crippen molar-refractivity contribution in [2.24, 2.45) is 17.8 Å². The number of anilines is 1. The van der Waals surface area contributed by atoms with Gasteiger partial charge in [0.05, 0.1) is 6.26 Å². The molecule has 1 aliphatic heterocycles. The predicted octanol–water partition coefficient (Wildman–Crippen LogP) is 2.56. The minimum Gasteiger partial charge on any atom is -0.461 e. The molecular weight excluding hydrogens is 328 g/mol. The largest absolute Gasteiger partial charge is 0.461 e. The van der Waals surface area contributed by atoms with Crippen molar-refractivity contribution in [2.45, 2.75) is 19.5 Å². The van der Waals surface area contributed by atoms with E-state index in [4.69, 9.17) is 10.2 Å². The zero-order valence-electron chi connectivity index (χ0n) is 14.9. The number of nitrogens with two attached hydrogens (primary N) is 1. The highest BCUT2D eigenvalue weighted by molar-refractivity contribution is 5.96. The van der Waals surface area contributed by atoms with E-state index in [2.05, 4.69) is 51.8 Å². The van der Waals surface area contributed by atoms with Crippen LogP contribution in [0.25, 0.3) is 11.6 Å². The van der Waals surface area contributed by atoms with E-state index in [9.17, 15) is 0 Å². The summed E-state index contributed by atoms with van der Waals surface area (Å²) in [5.41, 5.74) is 9.51. The van der Waals surface area contributed by atoms with Gasteiger partial charge in [-0.25, -0.2) is 4.98 Å². The second-order valence-electron chi connectivity index (χ2n) is 6.42. The fourth-order valence-electron chi connectivity index (χ4n) is 3.01. The predicted molar refractivity (Wildman–Crippen MR) is 102 cm³/mol. The molecule has 1 atom stereocenters. The molecule has 2 aromatic heterocycles. The molecule has 4 rings (SSSR count). The number of aryl methyl sites for hydroxylation is 1. The van der Waals surface area contributed by atoms with Crippen molar-refractivity contribution >= 4 is 11.8 Å². The first-order chi connectivity index (χ1) is 12.6. The topological polar surface area (TPSA) is 93.4 Å². The summed E-state index contributed by atoms with van der Waals surface area (Å²) in [7, 11) is 1.93. The van der Waals surface area contributed by atoms with Crippen LogP contribution in [0, 0.1) is 6.92 Å². The van der Waals surface area contributed by atoms with Crippen molar-refractivity contribution < 1.29 is 4.42 Å². The first-order valence-electron chi connectivity index (χ1n) is 8.61. The van der Waals surface area contributed by atoms with E-state index in [1.165, 1.54) is 11.1 Å². The summed E-state index contributed by atoms with van der Waals surface area (Å²) in [5, 5.41) is 6.46.